The number of amides is 2. The average molecular weight is 592 g/mol. The number of aromatic nitrogens is 1. The fourth-order valence-corrected chi connectivity index (χ4v) is 6.06. The molecule has 0 saturated carbocycles. The summed E-state index contributed by atoms with van der Waals surface area (Å²) in [6.07, 6.45) is 1.31. The van der Waals surface area contributed by atoms with Crippen molar-refractivity contribution in [3.05, 3.63) is 123 Å². The van der Waals surface area contributed by atoms with E-state index in [1.807, 2.05) is 37.3 Å². The smallest absolute Gasteiger partial charge is 0.283 e. The number of nitro benzene ring substituents is 1. The Balaban J connectivity index is 1.34. The first-order chi connectivity index (χ1) is 20.3. The molecule has 11 heteroatoms. The molecule has 0 atom stereocenters. The van der Waals surface area contributed by atoms with Gasteiger partial charge in [-0.2, -0.15) is 5.26 Å². The van der Waals surface area contributed by atoms with Gasteiger partial charge in [0.05, 0.1) is 20.0 Å². The second-order valence-electron chi connectivity index (χ2n) is 9.06. The molecule has 1 heterocycles. The van der Waals surface area contributed by atoms with Crippen LogP contribution in [0.2, 0.25) is 0 Å². The van der Waals surface area contributed by atoms with Gasteiger partial charge in [0.2, 0.25) is 0 Å². The zero-order valence-corrected chi connectivity index (χ0v) is 23.7. The van der Waals surface area contributed by atoms with Crippen LogP contribution in [-0.4, -0.2) is 21.7 Å². The monoisotopic (exact) mass is 591 g/mol. The molecule has 9 nitrogen and oxygen atoms in total. The molecule has 0 aliphatic rings. The molecule has 206 valence electrons. The van der Waals surface area contributed by atoms with Gasteiger partial charge in [-0.25, -0.2) is 4.98 Å². The highest BCUT2D eigenvalue weighted by Crippen LogP contribution is 2.40. The fourth-order valence-electron chi connectivity index (χ4n) is 3.92. The number of hydrogen-bond acceptors (Lipinski definition) is 8. The van der Waals surface area contributed by atoms with E-state index >= 15 is 0 Å². The van der Waals surface area contributed by atoms with Crippen molar-refractivity contribution in [1.82, 2.24) is 4.98 Å². The number of nitrogens with zero attached hydrogens (tertiary/aromatic N) is 3. The number of carbonyl (C=O) groups is 2. The van der Waals surface area contributed by atoms with Crippen LogP contribution in [0.15, 0.2) is 106 Å². The van der Waals surface area contributed by atoms with Crippen molar-refractivity contribution in [2.75, 3.05) is 10.6 Å². The molecular formula is C31H21N5O4S2. The molecule has 0 fully saturated rings. The molecule has 5 rings (SSSR count). The number of fused-ring (bicyclic) bond motifs is 1. The highest BCUT2D eigenvalue weighted by molar-refractivity contribution is 8.01. The minimum atomic E-state index is -0.615. The van der Waals surface area contributed by atoms with Crippen molar-refractivity contribution in [3.63, 3.8) is 0 Å². The summed E-state index contributed by atoms with van der Waals surface area (Å²) in [6, 6.07) is 27.7. The summed E-state index contributed by atoms with van der Waals surface area (Å²) in [4.78, 5) is 41.5. The van der Waals surface area contributed by atoms with Crippen LogP contribution in [0.4, 0.5) is 17.1 Å². The van der Waals surface area contributed by atoms with Gasteiger partial charge in [-0.3, -0.25) is 19.7 Å². The molecule has 42 heavy (non-hydrogen) atoms. The Morgan fingerprint density at radius 1 is 0.976 bits per heavy atom. The Labute approximate surface area is 248 Å². The summed E-state index contributed by atoms with van der Waals surface area (Å²) in [5, 5.41) is 27.0. The zero-order chi connectivity index (χ0) is 29.6. The Morgan fingerprint density at radius 2 is 1.71 bits per heavy atom. The number of thiazole rings is 1. The molecule has 4 aromatic carbocycles. The van der Waals surface area contributed by atoms with Crippen molar-refractivity contribution < 1.29 is 14.5 Å². The molecule has 2 amide bonds. The molecule has 2 N–H and O–H groups in total. The first-order valence-electron chi connectivity index (χ1n) is 12.5. The zero-order valence-electron chi connectivity index (χ0n) is 22.0. The van der Waals surface area contributed by atoms with E-state index in [2.05, 4.69) is 15.6 Å². The van der Waals surface area contributed by atoms with Gasteiger partial charge in [-0.05, 0) is 67.1 Å². The first kappa shape index (κ1) is 28.2. The number of nitrogens with one attached hydrogen (secondary N) is 2. The van der Waals surface area contributed by atoms with Gasteiger partial charge in [0.15, 0.2) is 4.34 Å². The van der Waals surface area contributed by atoms with Crippen LogP contribution in [-0.2, 0) is 4.79 Å². The largest absolute Gasteiger partial charge is 0.322 e. The van der Waals surface area contributed by atoms with Gasteiger partial charge in [0.1, 0.15) is 11.6 Å². The molecule has 5 aromatic rings. The van der Waals surface area contributed by atoms with E-state index in [9.17, 15) is 25.0 Å². The van der Waals surface area contributed by atoms with E-state index < -0.39 is 10.8 Å². The van der Waals surface area contributed by atoms with Crippen molar-refractivity contribution >= 4 is 68.3 Å². The third-order valence-corrected chi connectivity index (χ3v) is 8.17. The van der Waals surface area contributed by atoms with Gasteiger partial charge < -0.3 is 10.6 Å². The van der Waals surface area contributed by atoms with Gasteiger partial charge in [0.25, 0.3) is 17.5 Å². The third-order valence-electron chi connectivity index (χ3n) is 6.03. The van der Waals surface area contributed by atoms with Crippen LogP contribution in [0.1, 0.15) is 21.5 Å². The van der Waals surface area contributed by atoms with Crippen molar-refractivity contribution in [2.45, 2.75) is 16.2 Å². The number of rotatable bonds is 8. The highest BCUT2D eigenvalue weighted by atomic mass is 32.2. The standard InChI is InChI=1S/C31H21N5O4S2/c1-19-7-10-23(11-8-19)33-30(38)22(18-32)15-20-9-14-27(26(16-20)36(39)40)41-31-35-25-13-12-24(17-28(25)42-31)34-29(37)21-5-3-2-4-6-21/h2-17H,1H3,(H,33,38)(H,34,37)/b22-15+. The molecule has 0 radical (unpaired) electrons. The molecule has 0 spiro atoms. The molecular weight excluding hydrogens is 571 g/mol. The maximum absolute atomic E-state index is 12.6. The van der Waals surface area contributed by atoms with E-state index in [4.69, 9.17) is 0 Å². The third kappa shape index (κ3) is 6.69. The predicted molar refractivity (Wildman–Crippen MR) is 165 cm³/mol. The van der Waals surface area contributed by atoms with Crippen LogP contribution >= 0.6 is 23.1 Å². The van der Waals surface area contributed by atoms with Crippen LogP contribution in [0.25, 0.3) is 16.3 Å². The Hall–Kier alpha value is -5.31. The van der Waals surface area contributed by atoms with E-state index in [-0.39, 0.29) is 17.2 Å². The number of hydrogen-bond donors (Lipinski definition) is 2. The van der Waals surface area contributed by atoms with Crippen molar-refractivity contribution in [1.29, 1.82) is 5.26 Å². The molecule has 0 unspecified atom stereocenters. The summed E-state index contributed by atoms with van der Waals surface area (Å²) in [5.74, 6) is -0.845. The summed E-state index contributed by atoms with van der Waals surface area (Å²) in [6.45, 7) is 1.92. The Morgan fingerprint density at radius 3 is 2.43 bits per heavy atom. The average Bonchev–Trinajstić information content (AvgIpc) is 3.39. The summed E-state index contributed by atoms with van der Waals surface area (Å²) in [5.41, 5.74) is 3.37. The number of nitro groups is 1. The first-order valence-corrected chi connectivity index (χ1v) is 14.2. The lowest BCUT2D eigenvalue weighted by Gasteiger charge is -2.05. The van der Waals surface area contributed by atoms with Crippen molar-refractivity contribution in [2.24, 2.45) is 0 Å². The number of anilines is 2. The molecule has 1 aromatic heterocycles. The van der Waals surface area contributed by atoms with Crippen LogP contribution in [0.5, 0.6) is 0 Å². The maximum Gasteiger partial charge on any atom is 0.283 e. The summed E-state index contributed by atoms with van der Waals surface area (Å²) in [7, 11) is 0. The summed E-state index contributed by atoms with van der Waals surface area (Å²) >= 11 is 2.48. The van der Waals surface area contributed by atoms with Gasteiger partial charge in [0, 0.05) is 23.0 Å². The highest BCUT2D eigenvalue weighted by Gasteiger charge is 2.19. The lowest BCUT2D eigenvalue weighted by atomic mass is 10.1. The number of aryl methyl sites for hydroxylation is 1. The topological polar surface area (TPSA) is 138 Å². The van der Waals surface area contributed by atoms with E-state index in [1.165, 1.54) is 23.5 Å². The van der Waals surface area contributed by atoms with Crippen molar-refractivity contribution in [3.8, 4) is 6.07 Å². The fraction of sp³-hybridized carbons (Fsp3) is 0.0323. The van der Waals surface area contributed by atoms with E-state index in [0.717, 1.165) is 22.0 Å². The van der Waals surface area contributed by atoms with Gasteiger partial charge in [-0.15, -0.1) is 11.3 Å². The number of benzene rings is 4. The minimum Gasteiger partial charge on any atom is -0.322 e. The van der Waals surface area contributed by atoms with E-state index in [0.29, 0.717) is 37.3 Å². The van der Waals surface area contributed by atoms with Gasteiger partial charge in [-0.1, -0.05) is 53.7 Å². The second-order valence-corrected chi connectivity index (χ2v) is 11.4. The summed E-state index contributed by atoms with van der Waals surface area (Å²) < 4.78 is 1.39. The quantitative estimate of drug-likeness (QED) is 0.0826. The molecule has 0 aliphatic carbocycles. The van der Waals surface area contributed by atoms with E-state index in [1.54, 1.807) is 60.7 Å². The van der Waals surface area contributed by atoms with Gasteiger partial charge >= 0.3 is 0 Å². The molecule has 0 bridgehead atoms. The number of nitriles is 1. The lowest BCUT2D eigenvalue weighted by Crippen LogP contribution is -2.13. The predicted octanol–water partition coefficient (Wildman–Crippen LogP) is 7.46. The molecule has 0 aliphatic heterocycles. The van der Waals surface area contributed by atoms with Crippen LogP contribution in [0, 0.1) is 28.4 Å². The Kier molecular flexibility index (Phi) is 8.38. The second kappa shape index (κ2) is 12.5. The SMILES string of the molecule is Cc1ccc(NC(=O)/C(C#N)=C/c2ccc(Sc3nc4ccc(NC(=O)c5ccccc5)cc4s3)c([N+](=O)[O-])c2)cc1. The number of carbonyl (C=O) groups excluding carboxylic acids is 2. The Bertz CT molecular complexity index is 1890. The maximum atomic E-state index is 12.6. The minimum absolute atomic E-state index is 0.181. The lowest BCUT2D eigenvalue weighted by molar-refractivity contribution is -0.387. The molecule has 0 saturated heterocycles. The van der Waals surface area contributed by atoms with Crippen LogP contribution in [0.3, 0.4) is 0 Å². The normalized spacial score (nSPS) is 11.1. The van der Waals surface area contributed by atoms with Crippen LogP contribution < -0.4 is 10.6 Å².